The fourth-order valence-corrected chi connectivity index (χ4v) is 2.04. The zero-order valence-electron chi connectivity index (χ0n) is 11.3. The highest BCUT2D eigenvalue weighted by atomic mass is 16.6. The molecule has 1 heterocycles. The maximum absolute atomic E-state index is 12.1. The molecule has 5 heteroatoms. The van der Waals surface area contributed by atoms with Crippen LogP contribution in [0.4, 0.5) is 10.5 Å². The molecular weight excluding hydrogens is 246 g/mol. The molecule has 0 saturated carbocycles. The van der Waals surface area contributed by atoms with Gasteiger partial charge in [-0.25, -0.2) is 4.79 Å². The Kier molecular flexibility index (Phi) is 3.22. The Morgan fingerprint density at radius 1 is 1.42 bits per heavy atom. The number of carbonyl (C=O) groups excluding carboxylic acids is 2. The summed E-state index contributed by atoms with van der Waals surface area (Å²) in [7, 11) is 0. The van der Waals surface area contributed by atoms with Crippen molar-refractivity contribution in [2.75, 3.05) is 11.4 Å². The first-order valence-electron chi connectivity index (χ1n) is 6.13. The summed E-state index contributed by atoms with van der Waals surface area (Å²) in [5, 5.41) is 9.62. The average Bonchev–Trinajstić information content (AvgIpc) is 2.68. The second kappa shape index (κ2) is 4.57. The van der Waals surface area contributed by atoms with Gasteiger partial charge in [-0.1, -0.05) is 0 Å². The third-order valence-electron chi connectivity index (χ3n) is 2.86. The number of anilines is 1. The molecule has 19 heavy (non-hydrogen) atoms. The second-order valence-corrected chi connectivity index (χ2v) is 5.54. The number of carbonyl (C=O) groups is 2. The smallest absolute Gasteiger partial charge is 0.414 e. The Morgan fingerprint density at radius 2 is 2.11 bits per heavy atom. The van der Waals surface area contributed by atoms with Crippen molar-refractivity contribution in [1.82, 2.24) is 0 Å². The number of hydrogen-bond donors (Lipinski definition) is 1. The fraction of sp³-hybridized carbons (Fsp3) is 0.429. The van der Waals surface area contributed by atoms with E-state index < -0.39 is 11.7 Å². The molecule has 0 saturated heterocycles. The van der Waals surface area contributed by atoms with Crippen molar-refractivity contribution in [3.8, 4) is 5.75 Å². The van der Waals surface area contributed by atoms with Gasteiger partial charge in [-0.3, -0.25) is 9.69 Å². The molecular formula is C14H17NO4. The summed E-state index contributed by atoms with van der Waals surface area (Å²) in [6, 6.07) is 3.05. The van der Waals surface area contributed by atoms with Crippen LogP contribution >= 0.6 is 0 Å². The molecule has 1 aromatic rings. The van der Waals surface area contributed by atoms with E-state index in [1.807, 2.05) is 0 Å². The van der Waals surface area contributed by atoms with E-state index in [1.165, 1.54) is 17.0 Å². The molecule has 0 atom stereocenters. The maximum Gasteiger partial charge on any atom is 0.414 e. The summed E-state index contributed by atoms with van der Waals surface area (Å²) < 4.78 is 5.32. The Morgan fingerprint density at radius 3 is 2.68 bits per heavy atom. The number of phenolic OH excluding ortho intramolecular Hbond substituents is 1. The predicted octanol–water partition coefficient (Wildman–Crippen LogP) is 2.50. The lowest BCUT2D eigenvalue weighted by molar-refractivity contribution is 0.0583. The quantitative estimate of drug-likeness (QED) is 0.790. The van der Waals surface area contributed by atoms with Crippen molar-refractivity contribution in [3.05, 3.63) is 23.3 Å². The van der Waals surface area contributed by atoms with Crippen LogP contribution < -0.4 is 4.90 Å². The molecule has 1 amide bonds. The molecule has 2 rings (SSSR count). The van der Waals surface area contributed by atoms with E-state index in [4.69, 9.17) is 4.74 Å². The zero-order valence-corrected chi connectivity index (χ0v) is 11.3. The lowest BCUT2D eigenvalue weighted by atomic mass is 10.1. The summed E-state index contributed by atoms with van der Waals surface area (Å²) in [6.45, 7) is 5.90. The van der Waals surface area contributed by atoms with Gasteiger partial charge >= 0.3 is 6.09 Å². The number of nitrogens with zero attached hydrogens (tertiary/aromatic N) is 1. The topological polar surface area (TPSA) is 66.8 Å². The minimum Gasteiger partial charge on any atom is -0.507 e. The van der Waals surface area contributed by atoms with Crippen LogP contribution in [0.15, 0.2) is 12.1 Å². The number of phenols is 1. The summed E-state index contributed by atoms with van der Waals surface area (Å²) in [5.74, 6) is -0.0558. The Bertz CT molecular complexity index is 531. The van der Waals surface area contributed by atoms with E-state index in [1.54, 1.807) is 20.8 Å². The molecule has 1 aromatic carbocycles. The van der Waals surface area contributed by atoms with Crippen LogP contribution in [-0.2, 0) is 11.2 Å². The summed E-state index contributed by atoms with van der Waals surface area (Å²) in [6.07, 6.45) is 0.774. The van der Waals surface area contributed by atoms with Gasteiger partial charge in [0.05, 0.1) is 11.3 Å². The van der Waals surface area contributed by atoms with E-state index in [2.05, 4.69) is 0 Å². The number of aldehydes is 1. The summed E-state index contributed by atoms with van der Waals surface area (Å²) >= 11 is 0. The average molecular weight is 263 g/mol. The number of aromatic hydroxyl groups is 1. The lowest BCUT2D eigenvalue weighted by Crippen LogP contribution is -2.35. The molecule has 0 spiro atoms. The van der Waals surface area contributed by atoms with Crippen LogP contribution in [0.5, 0.6) is 5.75 Å². The van der Waals surface area contributed by atoms with Crippen molar-refractivity contribution in [1.29, 1.82) is 0 Å². The summed E-state index contributed by atoms with van der Waals surface area (Å²) in [5.41, 5.74) is 1.09. The second-order valence-electron chi connectivity index (χ2n) is 5.54. The van der Waals surface area contributed by atoms with E-state index in [0.29, 0.717) is 24.9 Å². The number of fused-ring (bicyclic) bond motifs is 1. The molecule has 0 fully saturated rings. The number of rotatable bonds is 1. The van der Waals surface area contributed by atoms with Crippen molar-refractivity contribution in [2.45, 2.75) is 32.8 Å². The molecule has 102 valence electrons. The number of amides is 1. The first kappa shape index (κ1) is 13.4. The molecule has 5 nitrogen and oxygen atoms in total. The highest BCUT2D eigenvalue weighted by molar-refractivity contribution is 5.93. The van der Waals surface area contributed by atoms with Crippen LogP contribution in [0.3, 0.4) is 0 Å². The minimum absolute atomic E-state index is 0.0558. The summed E-state index contributed by atoms with van der Waals surface area (Å²) in [4.78, 5) is 24.4. The van der Waals surface area contributed by atoms with Crippen LogP contribution in [-0.4, -0.2) is 29.6 Å². The zero-order chi connectivity index (χ0) is 14.2. The Balaban J connectivity index is 2.31. The highest BCUT2D eigenvalue weighted by Crippen LogP contribution is 2.34. The van der Waals surface area contributed by atoms with Crippen molar-refractivity contribution in [3.63, 3.8) is 0 Å². The van der Waals surface area contributed by atoms with Gasteiger partial charge in [-0.15, -0.1) is 0 Å². The Hall–Kier alpha value is -2.04. The van der Waals surface area contributed by atoms with Gasteiger partial charge in [0.15, 0.2) is 6.29 Å². The predicted molar refractivity (Wildman–Crippen MR) is 70.8 cm³/mol. The van der Waals surface area contributed by atoms with E-state index in [-0.39, 0.29) is 11.3 Å². The van der Waals surface area contributed by atoms with Gasteiger partial charge in [0.25, 0.3) is 0 Å². The van der Waals surface area contributed by atoms with Gasteiger partial charge in [0.2, 0.25) is 0 Å². The van der Waals surface area contributed by atoms with Gasteiger partial charge in [0, 0.05) is 6.54 Å². The first-order valence-corrected chi connectivity index (χ1v) is 6.13. The third kappa shape index (κ3) is 2.70. The standard InChI is InChI=1S/C14H17NO4/c1-14(2,3)19-13(18)15-5-4-9-7-12(17)10(8-16)6-11(9)15/h6-8,17H,4-5H2,1-3H3. The number of benzene rings is 1. The Labute approximate surface area is 111 Å². The molecule has 1 aliphatic rings. The van der Waals surface area contributed by atoms with Crippen LogP contribution in [0, 0.1) is 0 Å². The monoisotopic (exact) mass is 263 g/mol. The molecule has 0 radical (unpaired) electrons. The normalized spacial score (nSPS) is 14.2. The van der Waals surface area contributed by atoms with Gasteiger partial charge in [0.1, 0.15) is 11.4 Å². The van der Waals surface area contributed by atoms with E-state index in [9.17, 15) is 14.7 Å². The molecule has 0 aliphatic carbocycles. The maximum atomic E-state index is 12.1. The van der Waals surface area contributed by atoms with Crippen LogP contribution in [0.1, 0.15) is 36.7 Å². The molecule has 0 bridgehead atoms. The van der Waals surface area contributed by atoms with Crippen molar-refractivity contribution in [2.24, 2.45) is 0 Å². The SMILES string of the molecule is CC(C)(C)OC(=O)N1CCc2cc(O)c(C=O)cc21. The third-order valence-corrected chi connectivity index (χ3v) is 2.86. The van der Waals surface area contributed by atoms with Gasteiger partial charge in [-0.05, 0) is 44.9 Å². The number of hydrogen-bond acceptors (Lipinski definition) is 4. The van der Waals surface area contributed by atoms with Crippen molar-refractivity contribution >= 4 is 18.1 Å². The molecule has 0 aromatic heterocycles. The van der Waals surface area contributed by atoms with Gasteiger partial charge < -0.3 is 9.84 Å². The largest absolute Gasteiger partial charge is 0.507 e. The molecule has 1 aliphatic heterocycles. The first-order chi connectivity index (χ1) is 8.81. The van der Waals surface area contributed by atoms with Crippen LogP contribution in [0.25, 0.3) is 0 Å². The minimum atomic E-state index is -0.565. The van der Waals surface area contributed by atoms with Gasteiger partial charge in [-0.2, -0.15) is 0 Å². The number of ether oxygens (including phenoxy) is 1. The molecule has 0 unspecified atom stereocenters. The van der Waals surface area contributed by atoms with E-state index in [0.717, 1.165) is 5.56 Å². The molecule has 1 N–H and O–H groups in total. The van der Waals surface area contributed by atoms with E-state index >= 15 is 0 Å². The highest BCUT2D eigenvalue weighted by Gasteiger charge is 2.29. The lowest BCUT2D eigenvalue weighted by Gasteiger charge is -2.24. The fourth-order valence-electron chi connectivity index (χ4n) is 2.04. The van der Waals surface area contributed by atoms with Crippen molar-refractivity contribution < 1.29 is 19.4 Å². The van der Waals surface area contributed by atoms with Crippen LogP contribution in [0.2, 0.25) is 0 Å².